The lowest BCUT2D eigenvalue weighted by Gasteiger charge is -2.24. The number of rotatable bonds is 0. The van der Waals surface area contributed by atoms with Crippen LogP contribution in [-0.2, 0) is 0 Å². The molecule has 0 fully saturated rings. The summed E-state index contributed by atoms with van der Waals surface area (Å²) in [7, 11) is 1.97. The Bertz CT molecular complexity index is 291. The summed E-state index contributed by atoms with van der Waals surface area (Å²) in [4.78, 5) is 0. The Balaban J connectivity index is 2.35. The third-order valence-electron chi connectivity index (χ3n) is 2.42. The fourth-order valence-electron chi connectivity index (χ4n) is 1.62. The molecule has 0 amide bonds. The maximum atomic E-state index is 6.14. The van der Waals surface area contributed by atoms with Gasteiger partial charge in [-0.3, -0.25) is 5.01 Å². The van der Waals surface area contributed by atoms with Crippen molar-refractivity contribution in [1.82, 2.24) is 5.01 Å². The average Bonchev–Trinajstić information content (AvgIpc) is 2.41. The maximum Gasteiger partial charge on any atom is 0.0778 e. The fraction of sp³-hybridized carbons (Fsp3) is 0.444. The van der Waals surface area contributed by atoms with Crippen LogP contribution >= 0.6 is 11.6 Å². The van der Waals surface area contributed by atoms with Crippen molar-refractivity contribution in [3.8, 4) is 0 Å². The molecule has 2 unspecified atom stereocenters. The topological polar surface area (TPSA) is 15.6 Å². The van der Waals surface area contributed by atoms with Gasteiger partial charge in [0.05, 0.1) is 12.0 Å². The van der Waals surface area contributed by atoms with E-state index in [2.05, 4.69) is 17.3 Å². The molecule has 0 spiro atoms. The van der Waals surface area contributed by atoms with Gasteiger partial charge in [0, 0.05) is 18.3 Å². The fourth-order valence-corrected chi connectivity index (χ4v) is 1.87. The van der Waals surface area contributed by atoms with E-state index in [1.54, 1.807) is 0 Å². The van der Waals surface area contributed by atoms with Gasteiger partial charge in [0.25, 0.3) is 0 Å². The highest BCUT2D eigenvalue weighted by Gasteiger charge is 2.31. The monoisotopic (exact) mass is 182 g/mol. The third kappa shape index (κ3) is 0.985. The summed E-state index contributed by atoms with van der Waals surface area (Å²) in [5.74, 6) is 0.279. The number of halogens is 1. The molecular weight excluding hydrogens is 172 g/mol. The molecule has 0 aromatic rings. The van der Waals surface area contributed by atoms with Crippen LogP contribution in [0.2, 0.25) is 0 Å². The molecule has 0 N–H and O–H groups in total. The average molecular weight is 183 g/mol. The standard InChI is InChI=1S/C9H11ClN2/c1-6-3-4-8-7(9(6)10)5-11-12(8)2/h3-5,7-8H,1-2H3. The van der Waals surface area contributed by atoms with Crippen LogP contribution in [-0.4, -0.2) is 24.3 Å². The maximum absolute atomic E-state index is 6.14. The van der Waals surface area contributed by atoms with Crippen molar-refractivity contribution in [2.24, 2.45) is 11.0 Å². The Labute approximate surface area is 77.2 Å². The molecule has 2 aliphatic rings. The second kappa shape index (κ2) is 2.63. The van der Waals surface area contributed by atoms with Crippen LogP contribution in [0, 0.1) is 5.92 Å². The van der Waals surface area contributed by atoms with Gasteiger partial charge in [0.15, 0.2) is 0 Å². The molecule has 0 saturated carbocycles. The molecule has 0 aromatic heterocycles. The van der Waals surface area contributed by atoms with Crippen LogP contribution in [0.4, 0.5) is 0 Å². The molecule has 2 rings (SSSR count). The van der Waals surface area contributed by atoms with Crippen LogP contribution in [0.25, 0.3) is 0 Å². The van der Waals surface area contributed by atoms with Crippen LogP contribution < -0.4 is 0 Å². The lowest BCUT2D eigenvalue weighted by molar-refractivity contribution is 0.305. The Morgan fingerprint density at radius 3 is 3.08 bits per heavy atom. The van der Waals surface area contributed by atoms with Crippen molar-refractivity contribution in [2.45, 2.75) is 13.0 Å². The summed E-state index contributed by atoms with van der Waals surface area (Å²) in [5.41, 5.74) is 1.15. The highest BCUT2D eigenvalue weighted by molar-refractivity contribution is 6.31. The quantitative estimate of drug-likeness (QED) is 0.560. The Hall–Kier alpha value is -0.760. The molecule has 1 aliphatic heterocycles. The van der Waals surface area contributed by atoms with E-state index in [0.717, 1.165) is 10.6 Å². The number of likely N-dealkylation sites (N-methyl/N-ethyl adjacent to an activating group) is 1. The first kappa shape index (κ1) is 7.87. The molecule has 0 aromatic carbocycles. The van der Waals surface area contributed by atoms with Crippen molar-refractivity contribution in [3.05, 3.63) is 22.8 Å². The second-order valence-corrected chi connectivity index (χ2v) is 3.65. The SMILES string of the molecule is CC1=C(Cl)C2C=NN(C)C2C=C1. The van der Waals surface area contributed by atoms with Gasteiger partial charge in [-0.15, -0.1) is 0 Å². The molecule has 64 valence electrons. The van der Waals surface area contributed by atoms with Gasteiger partial charge >= 0.3 is 0 Å². The first-order chi connectivity index (χ1) is 5.70. The normalized spacial score (nSPS) is 33.1. The van der Waals surface area contributed by atoms with Crippen molar-refractivity contribution < 1.29 is 0 Å². The zero-order chi connectivity index (χ0) is 8.72. The number of hydrogen-bond acceptors (Lipinski definition) is 2. The summed E-state index contributed by atoms with van der Waals surface area (Å²) in [6.07, 6.45) is 6.13. The molecule has 2 nitrogen and oxygen atoms in total. The highest BCUT2D eigenvalue weighted by Crippen LogP contribution is 2.32. The largest absolute Gasteiger partial charge is 0.292 e. The summed E-state index contributed by atoms with van der Waals surface area (Å²) in [6.45, 7) is 2.03. The van der Waals surface area contributed by atoms with Gasteiger partial charge in [-0.1, -0.05) is 23.8 Å². The summed E-state index contributed by atoms with van der Waals surface area (Å²) >= 11 is 6.14. The van der Waals surface area contributed by atoms with Crippen LogP contribution in [0.5, 0.6) is 0 Å². The smallest absolute Gasteiger partial charge is 0.0778 e. The van der Waals surface area contributed by atoms with Crippen molar-refractivity contribution in [2.75, 3.05) is 7.05 Å². The van der Waals surface area contributed by atoms with Crippen molar-refractivity contribution >= 4 is 17.8 Å². The van der Waals surface area contributed by atoms with Crippen molar-refractivity contribution in [1.29, 1.82) is 0 Å². The lowest BCUT2D eigenvalue weighted by Crippen LogP contribution is -2.29. The molecule has 0 bridgehead atoms. The van der Waals surface area contributed by atoms with Gasteiger partial charge in [-0.2, -0.15) is 5.10 Å². The minimum atomic E-state index is 0.279. The van der Waals surface area contributed by atoms with Gasteiger partial charge in [-0.25, -0.2) is 0 Å². The molecule has 0 radical (unpaired) electrons. The number of allylic oxidation sites excluding steroid dienone is 2. The van der Waals surface area contributed by atoms with Crippen LogP contribution in [0.15, 0.2) is 27.9 Å². The molecule has 1 heterocycles. The van der Waals surface area contributed by atoms with Gasteiger partial charge < -0.3 is 0 Å². The van der Waals surface area contributed by atoms with Gasteiger partial charge in [0.1, 0.15) is 0 Å². The van der Waals surface area contributed by atoms with Gasteiger partial charge in [-0.05, 0) is 12.5 Å². The molecule has 1 aliphatic carbocycles. The summed E-state index contributed by atoms with van der Waals surface area (Å²) < 4.78 is 0. The van der Waals surface area contributed by atoms with E-state index in [0.29, 0.717) is 6.04 Å². The van der Waals surface area contributed by atoms with Crippen molar-refractivity contribution in [3.63, 3.8) is 0 Å². The van der Waals surface area contributed by atoms with E-state index < -0.39 is 0 Å². The molecule has 12 heavy (non-hydrogen) atoms. The van der Waals surface area contributed by atoms with E-state index >= 15 is 0 Å². The lowest BCUT2D eigenvalue weighted by atomic mass is 9.93. The van der Waals surface area contributed by atoms with Gasteiger partial charge in [0.2, 0.25) is 0 Å². The predicted octanol–water partition coefficient (Wildman–Crippen LogP) is 1.99. The first-order valence-electron chi connectivity index (χ1n) is 4.01. The Kier molecular flexibility index (Phi) is 1.72. The van der Waals surface area contributed by atoms with E-state index in [-0.39, 0.29) is 5.92 Å². The number of nitrogens with zero attached hydrogens (tertiary/aromatic N) is 2. The number of fused-ring (bicyclic) bond motifs is 1. The van der Waals surface area contributed by atoms with E-state index in [1.807, 2.05) is 25.2 Å². The van der Waals surface area contributed by atoms with E-state index in [9.17, 15) is 0 Å². The second-order valence-electron chi connectivity index (χ2n) is 3.24. The zero-order valence-electron chi connectivity index (χ0n) is 7.16. The van der Waals surface area contributed by atoms with E-state index in [4.69, 9.17) is 11.6 Å². The Morgan fingerprint density at radius 2 is 2.33 bits per heavy atom. The Morgan fingerprint density at radius 1 is 1.58 bits per heavy atom. The first-order valence-corrected chi connectivity index (χ1v) is 4.39. The summed E-state index contributed by atoms with van der Waals surface area (Å²) in [5, 5.41) is 7.07. The summed E-state index contributed by atoms with van der Waals surface area (Å²) in [6, 6.07) is 0.334. The van der Waals surface area contributed by atoms with Crippen LogP contribution in [0.3, 0.4) is 0 Å². The highest BCUT2D eigenvalue weighted by atomic mass is 35.5. The minimum absolute atomic E-state index is 0.279. The van der Waals surface area contributed by atoms with E-state index in [1.165, 1.54) is 0 Å². The third-order valence-corrected chi connectivity index (χ3v) is 2.97. The molecular formula is C9H11ClN2. The molecule has 0 saturated heterocycles. The molecule has 3 heteroatoms. The predicted molar refractivity (Wildman–Crippen MR) is 51.2 cm³/mol. The number of hydrazone groups is 1. The van der Waals surface area contributed by atoms with Crippen LogP contribution in [0.1, 0.15) is 6.92 Å². The molecule has 2 atom stereocenters. The number of hydrogen-bond donors (Lipinski definition) is 0. The zero-order valence-corrected chi connectivity index (χ0v) is 7.92. The minimum Gasteiger partial charge on any atom is -0.292 e.